The number of benzene rings is 1. The van der Waals surface area contributed by atoms with Gasteiger partial charge in [-0.05, 0) is 19.2 Å². The Morgan fingerprint density at radius 2 is 2.00 bits per heavy atom. The molecule has 0 amide bonds. The van der Waals surface area contributed by atoms with E-state index in [1.807, 2.05) is 42.3 Å². The van der Waals surface area contributed by atoms with Crippen molar-refractivity contribution in [2.24, 2.45) is 0 Å². The van der Waals surface area contributed by atoms with Crippen LogP contribution in [0.5, 0.6) is 5.75 Å². The van der Waals surface area contributed by atoms with Crippen LogP contribution in [-0.4, -0.2) is 56.6 Å². The Morgan fingerprint density at radius 1 is 1.29 bits per heavy atom. The van der Waals surface area contributed by atoms with E-state index in [2.05, 4.69) is 0 Å². The maximum atomic E-state index is 9.53. The Labute approximate surface area is 103 Å². The van der Waals surface area contributed by atoms with Crippen LogP contribution in [-0.2, 0) is 4.74 Å². The van der Waals surface area contributed by atoms with Crippen LogP contribution >= 0.6 is 0 Å². The van der Waals surface area contributed by atoms with Gasteiger partial charge in [0.1, 0.15) is 12.4 Å². The molecule has 0 radical (unpaired) electrons. The summed E-state index contributed by atoms with van der Waals surface area (Å²) < 4.78 is 10.4. The van der Waals surface area contributed by atoms with Gasteiger partial charge in [0.2, 0.25) is 0 Å². The molecule has 0 saturated carbocycles. The number of para-hydroxylation sites is 1. The molecule has 0 aliphatic carbocycles. The highest BCUT2D eigenvalue weighted by Gasteiger charge is 2.07. The van der Waals surface area contributed by atoms with E-state index in [0.29, 0.717) is 19.8 Å². The van der Waals surface area contributed by atoms with Crippen LogP contribution in [0, 0.1) is 0 Å². The fourth-order valence-electron chi connectivity index (χ4n) is 1.53. The van der Waals surface area contributed by atoms with Crippen LogP contribution in [0.15, 0.2) is 30.3 Å². The number of aliphatic hydroxyl groups excluding tert-OH is 1. The number of hydrogen-bond donors (Lipinski definition) is 1. The van der Waals surface area contributed by atoms with Gasteiger partial charge in [0.25, 0.3) is 0 Å². The summed E-state index contributed by atoms with van der Waals surface area (Å²) in [5.74, 6) is 0.873. The molecule has 0 spiro atoms. The van der Waals surface area contributed by atoms with E-state index in [4.69, 9.17) is 9.47 Å². The van der Waals surface area contributed by atoms with Gasteiger partial charge in [0, 0.05) is 20.2 Å². The molecule has 17 heavy (non-hydrogen) atoms. The number of likely N-dealkylation sites (N-methyl/N-ethyl adjacent to an activating group) is 1. The topological polar surface area (TPSA) is 41.9 Å². The summed E-state index contributed by atoms with van der Waals surface area (Å²) in [7, 11) is 3.54. The summed E-state index contributed by atoms with van der Waals surface area (Å²) in [6.45, 7) is 2.34. The molecule has 0 bridgehead atoms. The quantitative estimate of drug-likeness (QED) is 0.735. The summed E-state index contributed by atoms with van der Waals surface area (Å²) >= 11 is 0. The summed E-state index contributed by atoms with van der Waals surface area (Å²) in [5, 5.41) is 9.53. The maximum Gasteiger partial charge on any atom is 0.119 e. The van der Waals surface area contributed by atoms with E-state index < -0.39 is 6.10 Å². The molecule has 0 fully saturated rings. The first-order chi connectivity index (χ1) is 8.22. The molecular weight excluding hydrogens is 218 g/mol. The van der Waals surface area contributed by atoms with Crippen molar-refractivity contribution in [3.05, 3.63) is 30.3 Å². The Bertz CT molecular complexity index is 292. The van der Waals surface area contributed by atoms with E-state index in [0.717, 1.165) is 12.3 Å². The molecule has 1 unspecified atom stereocenters. The molecule has 0 saturated heterocycles. The van der Waals surface area contributed by atoms with Crippen LogP contribution in [0.2, 0.25) is 0 Å². The molecule has 1 atom stereocenters. The highest BCUT2D eigenvalue weighted by atomic mass is 16.5. The summed E-state index contributed by atoms with van der Waals surface area (Å²) in [6, 6.07) is 9.71. The van der Waals surface area contributed by atoms with E-state index in [1.165, 1.54) is 0 Å². The molecule has 4 heteroatoms. The smallest absolute Gasteiger partial charge is 0.119 e. The molecular formula is C13H21NO3. The Balaban J connectivity index is 2.14. The third-order valence-electron chi connectivity index (χ3n) is 2.37. The fraction of sp³-hybridized carbons (Fsp3) is 0.538. The maximum absolute atomic E-state index is 9.53. The highest BCUT2D eigenvalue weighted by molar-refractivity contribution is 5.20. The molecule has 1 aromatic rings. The van der Waals surface area contributed by atoms with Crippen molar-refractivity contribution in [1.29, 1.82) is 0 Å². The van der Waals surface area contributed by atoms with Gasteiger partial charge in [-0.25, -0.2) is 0 Å². The summed E-state index contributed by atoms with van der Waals surface area (Å²) in [4.78, 5) is 2.02. The van der Waals surface area contributed by atoms with E-state index in [1.54, 1.807) is 7.11 Å². The van der Waals surface area contributed by atoms with Crippen LogP contribution in [0.4, 0.5) is 0 Å². The SMILES string of the molecule is COCC(O)CN(C)CCOc1ccccc1. The molecule has 96 valence electrons. The summed E-state index contributed by atoms with van der Waals surface area (Å²) in [5.41, 5.74) is 0. The standard InChI is InChI=1S/C13H21NO3/c1-14(10-12(15)11-16-2)8-9-17-13-6-4-3-5-7-13/h3-7,12,15H,8-11H2,1-2H3. The molecule has 4 nitrogen and oxygen atoms in total. The second-order valence-electron chi connectivity index (χ2n) is 4.03. The Kier molecular flexibility index (Phi) is 6.62. The molecule has 0 heterocycles. The zero-order valence-corrected chi connectivity index (χ0v) is 10.5. The van der Waals surface area contributed by atoms with Crippen LogP contribution in [0.3, 0.4) is 0 Å². The Hall–Kier alpha value is -1.10. The number of methoxy groups -OCH3 is 1. The molecule has 0 aliphatic rings. The predicted octanol–water partition coefficient (Wildman–Crippen LogP) is 1.00. The zero-order valence-electron chi connectivity index (χ0n) is 10.5. The molecule has 1 N–H and O–H groups in total. The summed E-state index contributed by atoms with van der Waals surface area (Å²) in [6.07, 6.45) is -0.443. The molecule has 1 rings (SSSR count). The van der Waals surface area contributed by atoms with Gasteiger partial charge >= 0.3 is 0 Å². The number of ether oxygens (including phenoxy) is 2. The van der Waals surface area contributed by atoms with Crippen molar-refractivity contribution >= 4 is 0 Å². The van der Waals surface area contributed by atoms with Gasteiger partial charge < -0.3 is 19.5 Å². The van der Waals surface area contributed by atoms with Gasteiger partial charge in [-0.3, -0.25) is 0 Å². The lowest BCUT2D eigenvalue weighted by Crippen LogP contribution is -2.34. The average Bonchev–Trinajstić information content (AvgIpc) is 2.30. The van der Waals surface area contributed by atoms with E-state index in [9.17, 15) is 5.11 Å². The predicted molar refractivity (Wildman–Crippen MR) is 67.3 cm³/mol. The third-order valence-corrected chi connectivity index (χ3v) is 2.37. The lowest BCUT2D eigenvalue weighted by Gasteiger charge is -2.20. The fourth-order valence-corrected chi connectivity index (χ4v) is 1.53. The van der Waals surface area contributed by atoms with Crippen molar-refractivity contribution < 1.29 is 14.6 Å². The van der Waals surface area contributed by atoms with Crippen LogP contribution in [0.25, 0.3) is 0 Å². The van der Waals surface area contributed by atoms with Crippen molar-refractivity contribution in [3.63, 3.8) is 0 Å². The van der Waals surface area contributed by atoms with Crippen molar-refractivity contribution in [1.82, 2.24) is 4.90 Å². The molecule has 0 aromatic heterocycles. The van der Waals surface area contributed by atoms with Gasteiger partial charge in [-0.1, -0.05) is 18.2 Å². The normalized spacial score (nSPS) is 12.7. The minimum atomic E-state index is -0.443. The lowest BCUT2D eigenvalue weighted by atomic mass is 10.3. The lowest BCUT2D eigenvalue weighted by molar-refractivity contribution is 0.0410. The second-order valence-corrected chi connectivity index (χ2v) is 4.03. The van der Waals surface area contributed by atoms with Gasteiger partial charge in [-0.2, -0.15) is 0 Å². The minimum absolute atomic E-state index is 0.365. The molecule has 0 aliphatic heterocycles. The van der Waals surface area contributed by atoms with Gasteiger partial charge in [0.05, 0.1) is 12.7 Å². The first kappa shape index (κ1) is 14.0. The monoisotopic (exact) mass is 239 g/mol. The van der Waals surface area contributed by atoms with Crippen LogP contribution in [0.1, 0.15) is 0 Å². The number of nitrogens with zero attached hydrogens (tertiary/aromatic N) is 1. The highest BCUT2D eigenvalue weighted by Crippen LogP contribution is 2.07. The number of rotatable bonds is 8. The van der Waals surface area contributed by atoms with Crippen LogP contribution < -0.4 is 4.74 Å². The first-order valence-corrected chi connectivity index (χ1v) is 5.75. The van der Waals surface area contributed by atoms with Gasteiger partial charge in [-0.15, -0.1) is 0 Å². The number of aliphatic hydroxyl groups is 1. The van der Waals surface area contributed by atoms with Crippen molar-refractivity contribution in [2.45, 2.75) is 6.10 Å². The number of hydrogen-bond acceptors (Lipinski definition) is 4. The van der Waals surface area contributed by atoms with Crippen molar-refractivity contribution in [3.8, 4) is 5.75 Å². The third kappa shape index (κ3) is 6.26. The zero-order chi connectivity index (χ0) is 12.5. The van der Waals surface area contributed by atoms with Gasteiger partial charge in [0.15, 0.2) is 0 Å². The van der Waals surface area contributed by atoms with Crippen molar-refractivity contribution in [2.75, 3.05) is 40.5 Å². The first-order valence-electron chi connectivity index (χ1n) is 5.75. The minimum Gasteiger partial charge on any atom is -0.492 e. The van der Waals surface area contributed by atoms with E-state index >= 15 is 0 Å². The second kappa shape index (κ2) is 8.06. The largest absolute Gasteiger partial charge is 0.492 e. The van der Waals surface area contributed by atoms with E-state index in [-0.39, 0.29) is 0 Å². The molecule has 1 aromatic carbocycles. The Morgan fingerprint density at radius 3 is 2.65 bits per heavy atom. The average molecular weight is 239 g/mol.